The van der Waals surface area contributed by atoms with E-state index in [1.165, 1.54) is 131 Å². The first-order chi connectivity index (χ1) is 45.0. The minimum absolute atomic E-state index is 0.0971. The molecule has 0 radical (unpaired) electrons. The molecule has 0 aliphatic carbocycles. The molecule has 7 heterocycles. The summed E-state index contributed by atoms with van der Waals surface area (Å²) >= 11 is 0. The molecule has 6 nitrogen and oxygen atoms in total. The van der Waals surface area contributed by atoms with E-state index in [1.807, 2.05) is 0 Å². The molecule has 0 saturated heterocycles. The molecule has 92 heavy (non-hydrogen) atoms. The zero-order valence-corrected chi connectivity index (χ0v) is 52.0. The molecular formula is C85H60BN5O. The second kappa shape index (κ2) is 18.4. The Labute approximate surface area is 531 Å². The lowest BCUT2D eigenvalue weighted by atomic mass is 9.34. The fourth-order valence-corrected chi connectivity index (χ4v) is 16.9. The smallest absolute Gasteiger partial charge is 0.256 e. The number of fused-ring (bicyclic) bond motifs is 19. The highest BCUT2D eigenvalue weighted by Crippen LogP contribution is 2.46. The van der Waals surface area contributed by atoms with Crippen molar-refractivity contribution in [3.63, 3.8) is 0 Å². The molecule has 0 bridgehead atoms. The van der Waals surface area contributed by atoms with Crippen molar-refractivity contribution in [3.05, 3.63) is 277 Å². The normalized spacial score (nSPS) is 13.0. The Kier molecular flexibility index (Phi) is 10.3. The number of aryl methyl sites for hydroxylation is 3. The first-order valence-electron chi connectivity index (χ1n) is 32.3. The van der Waals surface area contributed by atoms with Crippen molar-refractivity contribution < 1.29 is 4.74 Å². The number of rotatable bonds is 5. The Morgan fingerprint density at radius 1 is 0.315 bits per heavy atom. The molecule has 434 valence electrons. The molecule has 0 saturated carbocycles. The SMILES string of the molecule is Cc1cc(C)c(-c2cc3c4c(c2)-n2c5ccc(-n6c7ccccc7c7cc(-n8c9ccccc9c9ccccc98)ccc76)cc5c5cc(-n6c7ccccc7c7cc(-n8c9ccccc9c9ccccc98)ccc76)cc(c52)B4c2cc(C(C)(C)C)ccc2O3)c(C)c1. The number of aromatic nitrogens is 5. The number of para-hydroxylation sites is 6. The first-order valence-corrected chi connectivity index (χ1v) is 32.3. The van der Waals surface area contributed by atoms with Crippen LogP contribution >= 0.6 is 0 Å². The molecule has 0 spiro atoms. The standard InChI is InChI=1S/C85H60BN5O/c1-49-39-50(2)82(51(3)40-49)52-41-79-83-81(42-52)92-80-38-31-53(85(4,5)6)43-68(80)86(83)69-48-57(90-75-30-18-12-24-63(75)65-45-55(33-36-77(65)90)88-72-27-15-9-21-60(72)61-22-10-16-28-73(61)88)47-67-66-46-56(34-37-78(66)91(79)84(67)69)89-74-29-17-11-23-62(74)64-44-54(32-35-76(64)89)87-70-25-13-7-19-58(70)59-20-8-14-26-71(59)87/h7-48H,1-6H3. The lowest BCUT2D eigenvalue weighted by molar-refractivity contribution is 0.486. The Bertz CT molecular complexity index is 6200. The molecular weight excluding hydrogens is 1120 g/mol. The number of ether oxygens (including phenoxy) is 1. The van der Waals surface area contributed by atoms with Gasteiger partial charge in [0.05, 0.1) is 49.7 Å². The van der Waals surface area contributed by atoms with E-state index in [0.717, 1.165) is 67.6 Å². The molecule has 2 aliphatic heterocycles. The summed E-state index contributed by atoms with van der Waals surface area (Å²) in [4.78, 5) is 0. The van der Waals surface area contributed by atoms with Crippen LogP contribution in [-0.2, 0) is 5.41 Å². The van der Waals surface area contributed by atoms with Crippen molar-refractivity contribution in [2.24, 2.45) is 0 Å². The molecule has 0 fully saturated rings. The van der Waals surface area contributed by atoms with E-state index in [9.17, 15) is 0 Å². The molecule has 20 rings (SSSR count). The molecule has 7 heteroatoms. The fraction of sp³-hybridized carbons (Fsp3) is 0.0824. The summed E-state index contributed by atoms with van der Waals surface area (Å²) in [5.74, 6) is 1.81. The predicted molar refractivity (Wildman–Crippen MR) is 388 cm³/mol. The van der Waals surface area contributed by atoms with Gasteiger partial charge < -0.3 is 27.6 Å². The van der Waals surface area contributed by atoms with Gasteiger partial charge in [-0.25, -0.2) is 0 Å². The minimum Gasteiger partial charge on any atom is -0.458 e. The van der Waals surface area contributed by atoms with Crippen LogP contribution in [0.4, 0.5) is 0 Å². The molecule has 0 unspecified atom stereocenters. The van der Waals surface area contributed by atoms with Crippen molar-refractivity contribution >= 4 is 132 Å². The van der Waals surface area contributed by atoms with Gasteiger partial charge in [-0.2, -0.15) is 0 Å². The molecule has 0 N–H and O–H groups in total. The third kappa shape index (κ3) is 7.00. The highest BCUT2D eigenvalue weighted by molar-refractivity contribution is 6.99. The summed E-state index contributed by atoms with van der Waals surface area (Å²) in [6, 6.07) is 96.1. The first kappa shape index (κ1) is 51.6. The van der Waals surface area contributed by atoms with E-state index in [1.54, 1.807) is 0 Å². The van der Waals surface area contributed by atoms with Crippen LogP contribution in [0.15, 0.2) is 255 Å². The topological polar surface area (TPSA) is 33.9 Å². The zero-order chi connectivity index (χ0) is 61.2. The van der Waals surface area contributed by atoms with Crippen LogP contribution in [0.1, 0.15) is 43.0 Å². The zero-order valence-electron chi connectivity index (χ0n) is 52.0. The Morgan fingerprint density at radius 2 is 0.707 bits per heavy atom. The van der Waals surface area contributed by atoms with E-state index in [2.05, 4.69) is 319 Å². The lowest BCUT2D eigenvalue weighted by Crippen LogP contribution is -2.58. The second-order valence-electron chi connectivity index (χ2n) is 27.0. The monoisotopic (exact) mass is 1180 g/mol. The van der Waals surface area contributed by atoms with E-state index in [-0.39, 0.29) is 12.1 Å². The average Bonchev–Trinajstić information content (AvgIpc) is 1.42. The van der Waals surface area contributed by atoms with Crippen LogP contribution in [0.5, 0.6) is 11.5 Å². The molecule has 0 amide bonds. The third-order valence-electron chi connectivity index (χ3n) is 20.7. The van der Waals surface area contributed by atoms with Gasteiger partial charge in [0.25, 0.3) is 6.71 Å². The molecule has 18 aromatic rings. The summed E-state index contributed by atoms with van der Waals surface area (Å²) in [6.07, 6.45) is 0. The number of hydrogen-bond donors (Lipinski definition) is 0. The van der Waals surface area contributed by atoms with Crippen molar-refractivity contribution in [3.8, 4) is 51.1 Å². The van der Waals surface area contributed by atoms with E-state index < -0.39 is 0 Å². The van der Waals surface area contributed by atoms with Gasteiger partial charge in [-0.15, -0.1) is 0 Å². The molecule has 13 aromatic carbocycles. The third-order valence-corrected chi connectivity index (χ3v) is 20.7. The van der Waals surface area contributed by atoms with E-state index in [4.69, 9.17) is 4.74 Å². The number of nitrogens with zero attached hydrogens (tertiary/aromatic N) is 5. The lowest BCUT2D eigenvalue weighted by Gasteiger charge is -2.35. The summed E-state index contributed by atoms with van der Waals surface area (Å²) in [7, 11) is 0. The van der Waals surface area contributed by atoms with Gasteiger partial charge in [-0.3, -0.25) is 0 Å². The van der Waals surface area contributed by atoms with Gasteiger partial charge in [0, 0.05) is 87.8 Å². The van der Waals surface area contributed by atoms with Crippen LogP contribution in [-0.4, -0.2) is 29.5 Å². The molecule has 0 atom stereocenters. The maximum absolute atomic E-state index is 7.37. The van der Waals surface area contributed by atoms with Gasteiger partial charge in [-0.1, -0.05) is 160 Å². The highest BCUT2D eigenvalue weighted by Gasteiger charge is 2.42. The van der Waals surface area contributed by atoms with Crippen molar-refractivity contribution in [1.29, 1.82) is 0 Å². The van der Waals surface area contributed by atoms with Gasteiger partial charge in [0.1, 0.15) is 11.5 Å². The summed E-state index contributed by atoms with van der Waals surface area (Å²) < 4.78 is 19.9. The van der Waals surface area contributed by atoms with E-state index in [0.29, 0.717) is 0 Å². The quantitative estimate of drug-likeness (QED) is 0.158. The maximum Gasteiger partial charge on any atom is 0.256 e. The maximum atomic E-state index is 7.37. The van der Waals surface area contributed by atoms with Gasteiger partial charge in [-0.05, 0) is 192 Å². The largest absolute Gasteiger partial charge is 0.458 e. The van der Waals surface area contributed by atoms with Crippen LogP contribution in [0.25, 0.3) is 149 Å². The Balaban J connectivity index is 0.881. The Morgan fingerprint density at radius 3 is 1.16 bits per heavy atom. The highest BCUT2D eigenvalue weighted by atomic mass is 16.5. The van der Waals surface area contributed by atoms with Crippen molar-refractivity contribution in [1.82, 2.24) is 22.8 Å². The Hall–Kier alpha value is -11.3. The summed E-state index contributed by atoms with van der Waals surface area (Å²) in [5, 5.41) is 12.3. The van der Waals surface area contributed by atoms with Gasteiger partial charge in [0.2, 0.25) is 0 Å². The minimum atomic E-state index is -0.143. The fourth-order valence-electron chi connectivity index (χ4n) is 16.9. The van der Waals surface area contributed by atoms with Crippen molar-refractivity contribution in [2.45, 2.75) is 47.0 Å². The van der Waals surface area contributed by atoms with Crippen molar-refractivity contribution in [2.75, 3.05) is 0 Å². The van der Waals surface area contributed by atoms with Gasteiger partial charge in [0.15, 0.2) is 0 Å². The van der Waals surface area contributed by atoms with Gasteiger partial charge >= 0.3 is 0 Å². The van der Waals surface area contributed by atoms with Crippen LogP contribution < -0.4 is 21.1 Å². The van der Waals surface area contributed by atoms with E-state index >= 15 is 0 Å². The van der Waals surface area contributed by atoms with Crippen LogP contribution in [0, 0.1) is 20.8 Å². The number of hydrogen-bond acceptors (Lipinski definition) is 1. The summed E-state index contributed by atoms with van der Waals surface area (Å²) in [5.41, 5.74) is 28.5. The van der Waals surface area contributed by atoms with Crippen LogP contribution in [0.3, 0.4) is 0 Å². The average molecular weight is 1180 g/mol. The predicted octanol–water partition coefficient (Wildman–Crippen LogP) is 20.0. The molecule has 5 aromatic heterocycles. The molecule has 2 aliphatic rings. The number of benzene rings is 13. The van der Waals surface area contributed by atoms with Crippen LogP contribution in [0.2, 0.25) is 0 Å². The second-order valence-corrected chi connectivity index (χ2v) is 27.0. The summed E-state index contributed by atoms with van der Waals surface area (Å²) in [6.45, 7) is 13.5.